The number of carbonyl (C=O) groups excluding carboxylic acids is 1. The SMILES string of the molecule is CCS(=O)(=O)CC(=O)N1CCC[C@H](n2nc(C)nc2C)C1. The number of piperidine rings is 1. The van der Waals surface area contributed by atoms with Gasteiger partial charge in [-0.2, -0.15) is 5.10 Å². The van der Waals surface area contributed by atoms with Crippen LogP contribution in [-0.2, 0) is 14.6 Å². The Hall–Kier alpha value is -1.44. The zero-order valence-corrected chi connectivity index (χ0v) is 13.6. The fourth-order valence-electron chi connectivity index (χ4n) is 2.64. The van der Waals surface area contributed by atoms with Gasteiger partial charge in [-0.1, -0.05) is 6.92 Å². The number of likely N-dealkylation sites (tertiary alicyclic amines) is 1. The van der Waals surface area contributed by atoms with Crippen molar-refractivity contribution in [1.82, 2.24) is 19.7 Å². The lowest BCUT2D eigenvalue weighted by Crippen LogP contribution is -2.43. The second-order valence-electron chi connectivity index (χ2n) is 5.46. The number of nitrogens with zero attached hydrogens (tertiary/aromatic N) is 4. The van der Waals surface area contributed by atoms with Crippen molar-refractivity contribution in [2.24, 2.45) is 0 Å². The van der Waals surface area contributed by atoms with Gasteiger partial charge in [0, 0.05) is 18.8 Å². The van der Waals surface area contributed by atoms with Gasteiger partial charge in [0.1, 0.15) is 17.4 Å². The van der Waals surface area contributed by atoms with Gasteiger partial charge in [0.2, 0.25) is 5.91 Å². The summed E-state index contributed by atoms with van der Waals surface area (Å²) in [5.41, 5.74) is 0. The fraction of sp³-hybridized carbons (Fsp3) is 0.769. The molecule has 0 aliphatic carbocycles. The van der Waals surface area contributed by atoms with Crippen molar-refractivity contribution in [3.8, 4) is 0 Å². The number of amides is 1. The molecule has 2 rings (SSSR count). The number of sulfone groups is 1. The van der Waals surface area contributed by atoms with Crippen LogP contribution in [0.2, 0.25) is 0 Å². The quantitative estimate of drug-likeness (QED) is 0.807. The Labute approximate surface area is 125 Å². The third-order valence-corrected chi connectivity index (χ3v) is 5.35. The molecule has 0 radical (unpaired) electrons. The highest BCUT2D eigenvalue weighted by Crippen LogP contribution is 2.22. The van der Waals surface area contributed by atoms with E-state index >= 15 is 0 Å². The van der Waals surface area contributed by atoms with Crippen LogP contribution in [0.15, 0.2) is 0 Å². The van der Waals surface area contributed by atoms with Gasteiger partial charge >= 0.3 is 0 Å². The second-order valence-corrected chi connectivity index (χ2v) is 7.82. The summed E-state index contributed by atoms with van der Waals surface area (Å²) in [4.78, 5) is 18.1. The Morgan fingerprint density at radius 1 is 1.38 bits per heavy atom. The Morgan fingerprint density at radius 3 is 2.67 bits per heavy atom. The molecular formula is C13H22N4O3S. The lowest BCUT2D eigenvalue weighted by atomic mass is 10.1. The number of aromatic nitrogens is 3. The topological polar surface area (TPSA) is 85.2 Å². The number of carbonyl (C=O) groups is 1. The highest BCUT2D eigenvalue weighted by Gasteiger charge is 2.28. The predicted molar refractivity (Wildman–Crippen MR) is 78.7 cm³/mol. The first-order valence-corrected chi connectivity index (χ1v) is 9.02. The molecule has 118 valence electrons. The second kappa shape index (κ2) is 6.13. The van der Waals surface area contributed by atoms with E-state index in [9.17, 15) is 13.2 Å². The van der Waals surface area contributed by atoms with Crippen molar-refractivity contribution >= 4 is 15.7 Å². The van der Waals surface area contributed by atoms with Gasteiger partial charge in [-0.15, -0.1) is 0 Å². The minimum atomic E-state index is -3.28. The van der Waals surface area contributed by atoms with Gasteiger partial charge in [-0.05, 0) is 26.7 Å². The maximum atomic E-state index is 12.1. The molecule has 1 aromatic heterocycles. The molecular weight excluding hydrogens is 292 g/mol. The number of hydrogen-bond donors (Lipinski definition) is 0. The third kappa shape index (κ3) is 3.81. The Balaban J connectivity index is 2.07. The van der Waals surface area contributed by atoms with Crippen LogP contribution in [0.5, 0.6) is 0 Å². The summed E-state index contributed by atoms with van der Waals surface area (Å²) >= 11 is 0. The van der Waals surface area contributed by atoms with E-state index in [2.05, 4.69) is 10.1 Å². The van der Waals surface area contributed by atoms with Crippen LogP contribution < -0.4 is 0 Å². The lowest BCUT2D eigenvalue weighted by Gasteiger charge is -2.33. The van der Waals surface area contributed by atoms with Gasteiger partial charge in [-0.25, -0.2) is 18.1 Å². The van der Waals surface area contributed by atoms with E-state index in [4.69, 9.17) is 0 Å². The molecule has 1 atom stereocenters. The lowest BCUT2D eigenvalue weighted by molar-refractivity contribution is -0.130. The molecule has 8 heteroatoms. The fourth-order valence-corrected chi connectivity index (χ4v) is 3.41. The summed E-state index contributed by atoms with van der Waals surface area (Å²) in [6, 6.07) is 0.0771. The smallest absolute Gasteiger partial charge is 0.237 e. The minimum Gasteiger partial charge on any atom is -0.340 e. The van der Waals surface area contributed by atoms with Gasteiger partial charge in [0.05, 0.1) is 6.04 Å². The van der Waals surface area contributed by atoms with E-state index in [-0.39, 0.29) is 17.7 Å². The molecule has 0 unspecified atom stereocenters. The standard InChI is InChI=1S/C13H22N4O3S/c1-4-21(19,20)9-13(18)16-7-5-6-12(8-16)17-11(3)14-10(2)15-17/h12H,4-9H2,1-3H3/t12-/m0/s1. The molecule has 0 spiro atoms. The molecule has 0 aromatic carbocycles. The first kappa shape index (κ1) is 15.9. The van der Waals surface area contributed by atoms with Crippen LogP contribution >= 0.6 is 0 Å². The van der Waals surface area contributed by atoms with Gasteiger partial charge < -0.3 is 4.90 Å². The minimum absolute atomic E-state index is 0.00259. The van der Waals surface area contributed by atoms with E-state index in [1.807, 2.05) is 18.5 Å². The summed E-state index contributed by atoms with van der Waals surface area (Å²) in [5, 5.41) is 4.37. The Kier molecular flexibility index (Phi) is 4.65. The van der Waals surface area contributed by atoms with E-state index in [1.165, 1.54) is 0 Å². The first-order valence-electron chi connectivity index (χ1n) is 7.20. The van der Waals surface area contributed by atoms with Crippen molar-refractivity contribution < 1.29 is 13.2 Å². The van der Waals surface area contributed by atoms with Crippen LogP contribution in [0.3, 0.4) is 0 Å². The zero-order valence-electron chi connectivity index (χ0n) is 12.7. The molecule has 1 saturated heterocycles. The molecule has 1 amide bonds. The zero-order chi connectivity index (χ0) is 15.6. The molecule has 1 aliphatic rings. The molecule has 1 aliphatic heterocycles. The van der Waals surface area contributed by atoms with Crippen LogP contribution in [0.1, 0.15) is 37.5 Å². The van der Waals surface area contributed by atoms with Crippen LogP contribution in [0, 0.1) is 13.8 Å². The van der Waals surface area contributed by atoms with Gasteiger partial charge in [0.15, 0.2) is 9.84 Å². The summed E-state index contributed by atoms with van der Waals surface area (Å²) < 4.78 is 25.0. The molecule has 21 heavy (non-hydrogen) atoms. The molecule has 0 bridgehead atoms. The van der Waals surface area contributed by atoms with Crippen molar-refractivity contribution in [3.63, 3.8) is 0 Å². The van der Waals surface area contributed by atoms with Crippen molar-refractivity contribution in [2.45, 2.75) is 39.7 Å². The van der Waals surface area contributed by atoms with Gasteiger partial charge in [-0.3, -0.25) is 4.79 Å². The van der Waals surface area contributed by atoms with E-state index in [0.29, 0.717) is 18.9 Å². The maximum Gasteiger partial charge on any atom is 0.237 e. The Bertz CT molecular complexity index is 623. The largest absolute Gasteiger partial charge is 0.340 e. The number of hydrogen-bond acceptors (Lipinski definition) is 5. The molecule has 2 heterocycles. The highest BCUT2D eigenvalue weighted by molar-refractivity contribution is 7.92. The molecule has 0 N–H and O–H groups in total. The van der Waals surface area contributed by atoms with Crippen LogP contribution in [-0.4, -0.2) is 58.6 Å². The van der Waals surface area contributed by atoms with E-state index < -0.39 is 15.6 Å². The molecule has 7 nitrogen and oxygen atoms in total. The van der Waals surface area contributed by atoms with E-state index in [1.54, 1.807) is 11.8 Å². The molecule has 1 fully saturated rings. The molecule has 1 aromatic rings. The summed E-state index contributed by atoms with van der Waals surface area (Å²) in [6.07, 6.45) is 1.77. The summed E-state index contributed by atoms with van der Waals surface area (Å²) in [5.74, 6) is 0.830. The summed E-state index contributed by atoms with van der Waals surface area (Å²) in [6.45, 7) is 6.40. The average molecular weight is 314 g/mol. The van der Waals surface area contributed by atoms with E-state index in [0.717, 1.165) is 18.7 Å². The average Bonchev–Trinajstić information content (AvgIpc) is 2.77. The predicted octanol–water partition coefficient (Wildman–Crippen LogP) is 0.493. The normalized spacial score (nSPS) is 19.8. The van der Waals surface area contributed by atoms with Gasteiger partial charge in [0.25, 0.3) is 0 Å². The van der Waals surface area contributed by atoms with Crippen molar-refractivity contribution in [1.29, 1.82) is 0 Å². The maximum absolute atomic E-state index is 12.1. The Morgan fingerprint density at radius 2 is 2.10 bits per heavy atom. The number of rotatable bonds is 4. The number of aryl methyl sites for hydroxylation is 2. The highest BCUT2D eigenvalue weighted by atomic mass is 32.2. The van der Waals surface area contributed by atoms with Crippen molar-refractivity contribution in [2.75, 3.05) is 24.6 Å². The van der Waals surface area contributed by atoms with Crippen molar-refractivity contribution in [3.05, 3.63) is 11.6 Å². The molecule has 0 saturated carbocycles. The first-order chi connectivity index (χ1) is 9.82. The van der Waals surface area contributed by atoms with Crippen LogP contribution in [0.4, 0.5) is 0 Å². The monoisotopic (exact) mass is 314 g/mol. The summed E-state index contributed by atoms with van der Waals surface area (Å²) in [7, 11) is -3.28. The van der Waals surface area contributed by atoms with Crippen LogP contribution in [0.25, 0.3) is 0 Å². The third-order valence-electron chi connectivity index (χ3n) is 3.79.